The summed E-state index contributed by atoms with van der Waals surface area (Å²) in [5.74, 6) is 1.48. The van der Waals surface area contributed by atoms with Crippen LogP contribution in [0.25, 0.3) is 11.5 Å². The summed E-state index contributed by atoms with van der Waals surface area (Å²) in [4.78, 5) is 8.70. The molecule has 0 aliphatic carbocycles. The van der Waals surface area contributed by atoms with Gasteiger partial charge in [-0.25, -0.2) is 14.6 Å². The van der Waals surface area contributed by atoms with E-state index < -0.39 is 0 Å². The third-order valence-corrected chi connectivity index (χ3v) is 2.33. The van der Waals surface area contributed by atoms with Gasteiger partial charge < -0.3 is 9.72 Å². The highest BCUT2D eigenvalue weighted by atomic mass is 15.3. The van der Waals surface area contributed by atoms with Crippen molar-refractivity contribution in [2.45, 2.75) is 0 Å². The number of fused-ring (bicyclic) bond motifs is 1. The van der Waals surface area contributed by atoms with Crippen LogP contribution in [0.1, 0.15) is 0 Å². The average Bonchev–Trinajstić information content (AvgIpc) is 2.98. The molecule has 0 aliphatic rings. The zero-order chi connectivity index (χ0) is 11.0. The highest BCUT2D eigenvalue weighted by molar-refractivity contribution is 5.57. The van der Waals surface area contributed by atoms with Crippen LogP contribution < -0.4 is 5.32 Å². The van der Waals surface area contributed by atoms with Gasteiger partial charge in [0, 0.05) is 31.8 Å². The summed E-state index contributed by atoms with van der Waals surface area (Å²) in [6, 6.07) is 1.85. The molecular formula is C10H10N6. The standard InChI is InChI=1S/C10H10N6/c1-11-8-7-15-6-4-12-9(15)10(14-8)16-5-2-3-13-16/h2-7,11H,1H3. The summed E-state index contributed by atoms with van der Waals surface area (Å²) >= 11 is 0. The van der Waals surface area contributed by atoms with Crippen LogP contribution in [0.5, 0.6) is 0 Å². The van der Waals surface area contributed by atoms with Crippen LogP contribution in [0, 0.1) is 0 Å². The number of hydrogen-bond donors (Lipinski definition) is 1. The summed E-state index contributed by atoms with van der Waals surface area (Å²) in [5, 5.41) is 7.18. The molecule has 0 spiro atoms. The Morgan fingerprint density at radius 1 is 1.25 bits per heavy atom. The van der Waals surface area contributed by atoms with E-state index >= 15 is 0 Å². The largest absolute Gasteiger partial charge is 0.372 e. The monoisotopic (exact) mass is 214 g/mol. The highest BCUT2D eigenvalue weighted by Gasteiger charge is 2.08. The summed E-state index contributed by atoms with van der Waals surface area (Å²) < 4.78 is 3.61. The molecule has 0 saturated carbocycles. The van der Waals surface area contributed by atoms with Gasteiger partial charge in [0.05, 0.1) is 6.20 Å². The Hall–Kier alpha value is -2.37. The van der Waals surface area contributed by atoms with E-state index in [2.05, 4.69) is 20.4 Å². The van der Waals surface area contributed by atoms with Crippen molar-refractivity contribution < 1.29 is 0 Å². The van der Waals surface area contributed by atoms with E-state index in [1.807, 2.05) is 36.1 Å². The van der Waals surface area contributed by atoms with E-state index in [0.29, 0.717) is 5.82 Å². The van der Waals surface area contributed by atoms with E-state index in [0.717, 1.165) is 11.5 Å². The maximum atomic E-state index is 4.44. The smallest absolute Gasteiger partial charge is 0.199 e. The second kappa shape index (κ2) is 3.34. The molecule has 0 fully saturated rings. The SMILES string of the molecule is CNc1cn2ccnc2c(-n2cccn2)n1. The normalized spacial score (nSPS) is 10.8. The molecular weight excluding hydrogens is 204 g/mol. The molecule has 3 aromatic heterocycles. The zero-order valence-corrected chi connectivity index (χ0v) is 8.70. The Labute approximate surface area is 91.6 Å². The van der Waals surface area contributed by atoms with Gasteiger partial charge in [0.25, 0.3) is 0 Å². The predicted molar refractivity (Wildman–Crippen MR) is 59.7 cm³/mol. The molecule has 0 saturated heterocycles. The van der Waals surface area contributed by atoms with E-state index in [9.17, 15) is 0 Å². The number of imidazole rings is 1. The third kappa shape index (κ3) is 1.23. The van der Waals surface area contributed by atoms with Crippen LogP contribution in [0.2, 0.25) is 0 Å². The molecule has 16 heavy (non-hydrogen) atoms. The molecule has 0 aliphatic heterocycles. The van der Waals surface area contributed by atoms with Gasteiger partial charge in [-0.3, -0.25) is 0 Å². The van der Waals surface area contributed by atoms with Crippen molar-refractivity contribution in [1.82, 2.24) is 24.1 Å². The van der Waals surface area contributed by atoms with Gasteiger partial charge in [0.15, 0.2) is 11.5 Å². The lowest BCUT2D eigenvalue weighted by Crippen LogP contribution is -2.05. The van der Waals surface area contributed by atoms with Crippen molar-refractivity contribution in [2.24, 2.45) is 0 Å². The molecule has 0 amide bonds. The fourth-order valence-corrected chi connectivity index (χ4v) is 1.58. The number of hydrogen-bond acceptors (Lipinski definition) is 4. The van der Waals surface area contributed by atoms with Crippen LogP contribution in [-0.2, 0) is 0 Å². The molecule has 0 bridgehead atoms. The Morgan fingerprint density at radius 3 is 2.94 bits per heavy atom. The van der Waals surface area contributed by atoms with Crippen molar-refractivity contribution in [3.63, 3.8) is 0 Å². The van der Waals surface area contributed by atoms with Crippen molar-refractivity contribution in [3.8, 4) is 5.82 Å². The van der Waals surface area contributed by atoms with Gasteiger partial charge in [0.1, 0.15) is 5.82 Å². The quantitative estimate of drug-likeness (QED) is 0.690. The Morgan fingerprint density at radius 2 is 2.19 bits per heavy atom. The second-order valence-electron chi connectivity index (χ2n) is 3.31. The molecule has 6 nitrogen and oxygen atoms in total. The maximum Gasteiger partial charge on any atom is 0.199 e. The number of anilines is 1. The first-order valence-corrected chi connectivity index (χ1v) is 4.90. The average molecular weight is 214 g/mol. The Bertz CT molecular complexity index is 609. The number of nitrogens with zero attached hydrogens (tertiary/aromatic N) is 5. The predicted octanol–water partition coefficient (Wildman–Crippen LogP) is 0.957. The lowest BCUT2D eigenvalue weighted by atomic mass is 10.5. The molecule has 0 aromatic carbocycles. The Balaban J connectivity index is 2.33. The summed E-state index contributed by atoms with van der Waals surface area (Å²) in [6.45, 7) is 0. The first-order chi connectivity index (χ1) is 7.88. The minimum absolute atomic E-state index is 0.710. The minimum atomic E-state index is 0.710. The molecule has 0 atom stereocenters. The van der Waals surface area contributed by atoms with Gasteiger partial charge in [-0.1, -0.05) is 0 Å². The van der Waals surface area contributed by atoms with E-state index in [-0.39, 0.29) is 0 Å². The van der Waals surface area contributed by atoms with Crippen molar-refractivity contribution in [2.75, 3.05) is 12.4 Å². The first kappa shape index (κ1) is 8.90. The molecule has 3 aromatic rings. The topological polar surface area (TPSA) is 60.0 Å². The molecule has 3 rings (SSSR count). The Kier molecular flexibility index (Phi) is 1.86. The summed E-state index contributed by atoms with van der Waals surface area (Å²) in [7, 11) is 1.83. The van der Waals surface area contributed by atoms with Crippen LogP contribution in [0.15, 0.2) is 37.1 Å². The van der Waals surface area contributed by atoms with Gasteiger partial charge in [-0.05, 0) is 6.07 Å². The van der Waals surface area contributed by atoms with E-state index in [1.54, 1.807) is 17.1 Å². The van der Waals surface area contributed by atoms with Crippen molar-refractivity contribution >= 4 is 11.5 Å². The number of rotatable bonds is 2. The molecule has 3 heterocycles. The van der Waals surface area contributed by atoms with Gasteiger partial charge in [0.2, 0.25) is 0 Å². The fourth-order valence-electron chi connectivity index (χ4n) is 1.58. The lowest BCUT2D eigenvalue weighted by molar-refractivity contribution is 0.843. The van der Waals surface area contributed by atoms with Crippen LogP contribution >= 0.6 is 0 Å². The fraction of sp³-hybridized carbons (Fsp3) is 0.100. The van der Waals surface area contributed by atoms with Gasteiger partial charge >= 0.3 is 0 Å². The van der Waals surface area contributed by atoms with Crippen molar-refractivity contribution in [1.29, 1.82) is 0 Å². The minimum Gasteiger partial charge on any atom is -0.372 e. The van der Waals surface area contributed by atoms with Gasteiger partial charge in [-0.2, -0.15) is 5.10 Å². The highest BCUT2D eigenvalue weighted by Crippen LogP contribution is 2.14. The molecule has 0 radical (unpaired) electrons. The van der Waals surface area contributed by atoms with Crippen LogP contribution in [-0.4, -0.2) is 31.2 Å². The van der Waals surface area contributed by atoms with Crippen molar-refractivity contribution in [3.05, 3.63) is 37.1 Å². The maximum absolute atomic E-state index is 4.44. The van der Waals surface area contributed by atoms with Gasteiger partial charge in [-0.15, -0.1) is 0 Å². The molecule has 0 unspecified atom stereocenters. The molecule has 80 valence electrons. The van der Waals surface area contributed by atoms with Crippen LogP contribution in [0.3, 0.4) is 0 Å². The first-order valence-electron chi connectivity index (χ1n) is 4.90. The summed E-state index contributed by atoms with van der Waals surface area (Å²) in [6.07, 6.45) is 9.06. The zero-order valence-electron chi connectivity index (χ0n) is 8.70. The lowest BCUT2D eigenvalue weighted by Gasteiger charge is -2.06. The molecule has 6 heteroatoms. The number of aromatic nitrogens is 5. The number of nitrogens with one attached hydrogen (secondary N) is 1. The van der Waals surface area contributed by atoms with E-state index in [4.69, 9.17) is 0 Å². The third-order valence-electron chi connectivity index (χ3n) is 2.33. The summed E-state index contributed by atoms with van der Waals surface area (Å²) in [5.41, 5.74) is 0.780. The van der Waals surface area contributed by atoms with E-state index in [1.165, 1.54) is 0 Å². The van der Waals surface area contributed by atoms with Crippen LogP contribution in [0.4, 0.5) is 5.82 Å². The molecule has 1 N–H and O–H groups in total. The second-order valence-corrected chi connectivity index (χ2v) is 3.31.